The van der Waals surface area contributed by atoms with Crippen molar-refractivity contribution >= 4 is 55.3 Å². The number of hydrogen-bond donors (Lipinski definition) is 2. The van der Waals surface area contributed by atoms with Crippen molar-refractivity contribution in [3.05, 3.63) is 167 Å². The quantitative estimate of drug-likeness (QED) is 0.192. The van der Waals surface area contributed by atoms with Crippen molar-refractivity contribution in [1.29, 1.82) is 0 Å². The first-order valence-electron chi connectivity index (χ1n) is 15.9. The lowest BCUT2D eigenvalue weighted by atomic mass is 10.0. The van der Waals surface area contributed by atoms with Crippen molar-refractivity contribution in [3.8, 4) is 0 Å². The van der Waals surface area contributed by atoms with Crippen LogP contribution in [0.5, 0.6) is 0 Å². The van der Waals surface area contributed by atoms with Crippen LogP contribution in [0.1, 0.15) is 43.2 Å². The summed E-state index contributed by atoms with van der Waals surface area (Å²) in [5.41, 5.74) is 7.18. The number of benzene rings is 6. The number of hydrogen-bond acceptors (Lipinski definition) is 2. The van der Waals surface area contributed by atoms with Gasteiger partial charge in [-0.1, -0.05) is 109 Å². The van der Waals surface area contributed by atoms with Crippen molar-refractivity contribution in [1.82, 2.24) is 9.13 Å². The predicted octanol–water partition coefficient (Wildman–Crippen LogP) is 9.70. The molecule has 2 heterocycles. The molecule has 6 nitrogen and oxygen atoms in total. The lowest BCUT2D eigenvalue weighted by Gasteiger charge is -2.12. The molecule has 236 valence electrons. The normalized spacial score (nSPS) is 11.2. The molecule has 0 spiro atoms. The summed E-state index contributed by atoms with van der Waals surface area (Å²) in [4.78, 5) is 23.3. The largest absolute Gasteiger partial charge is 0.477 e. The highest BCUT2D eigenvalue weighted by Crippen LogP contribution is 2.27. The molecule has 6 heteroatoms. The minimum absolute atomic E-state index is 0.320. The lowest BCUT2D eigenvalue weighted by molar-refractivity contribution is 0.0675. The predicted molar refractivity (Wildman–Crippen MR) is 193 cm³/mol. The fourth-order valence-corrected chi connectivity index (χ4v) is 6.63. The molecule has 0 amide bonds. The van der Waals surface area contributed by atoms with Gasteiger partial charge in [-0.25, -0.2) is 9.59 Å². The molecular weight excluding hydrogens is 596 g/mol. The topological polar surface area (TPSA) is 84.5 Å². The Bertz CT molecular complexity index is 2500. The van der Waals surface area contributed by atoms with Crippen LogP contribution >= 0.6 is 0 Å². The van der Waals surface area contributed by atoms with Gasteiger partial charge in [0.05, 0.1) is 0 Å². The van der Waals surface area contributed by atoms with E-state index in [9.17, 15) is 19.8 Å². The van der Waals surface area contributed by atoms with Gasteiger partial charge in [-0.2, -0.15) is 0 Å². The summed E-state index contributed by atoms with van der Waals surface area (Å²) in [7, 11) is 0. The number of carbonyl (C=O) groups is 2. The van der Waals surface area contributed by atoms with E-state index in [1.807, 2.05) is 63.7 Å². The van der Waals surface area contributed by atoms with Gasteiger partial charge in [-0.15, -0.1) is 0 Å². The van der Waals surface area contributed by atoms with Crippen molar-refractivity contribution in [2.24, 2.45) is 0 Å². The second kappa shape index (κ2) is 12.6. The molecule has 8 rings (SSSR count). The zero-order chi connectivity index (χ0) is 33.4. The van der Waals surface area contributed by atoms with Gasteiger partial charge >= 0.3 is 11.9 Å². The van der Waals surface area contributed by atoms with Crippen LogP contribution in [0.4, 0.5) is 0 Å². The number of carboxylic acid groups (broad SMARTS) is 2. The summed E-state index contributed by atoms with van der Waals surface area (Å²) in [5.74, 6) is -1.80. The van der Waals surface area contributed by atoms with Crippen LogP contribution in [0.2, 0.25) is 0 Å². The molecule has 0 aliphatic carbocycles. The second-order valence-corrected chi connectivity index (χ2v) is 12.2. The smallest absolute Gasteiger partial charge is 0.352 e. The maximum atomic E-state index is 11.7. The Kier molecular flexibility index (Phi) is 7.99. The molecule has 0 bridgehead atoms. The monoisotopic (exact) mass is 630 g/mol. The lowest BCUT2D eigenvalue weighted by Crippen LogP contribution is -2.09. The number of fused-ring (bicyclic) bond motifs is 4. The molecular formula is C42H34N2O4. The first kappa shape index (κ1) is 30.5. The minimum Gasteiger partial charge on any atom is -0.477 e. The van der Waals surface area contributed by atoms with E-state index in [-0.39, 0.29) is 0 Å². The second-order valence-electron chi connectivity index (χ2n) is 12.2. The first-order valence-corrected chi connectivity index (χ1v) is 15.9. The molecule has 0 radical (unpaired) electrons. The van der Waals surface area contributed by atoms with E-state index in [1.54, 1.807) is 12.1 Å². The van der Waals surface area contributed by atoms with E-state index in [1.165, 1.54) is 32.7 Å². The van der Waals surface area contributed by atoms with Crippen LogP contribution in [-0.4, -0.2) is 31.3 Å². The van der Waals surface area contributed by atoms with Crippen molar-refractivity contribution in [2.45, 2.75) is 26.9 Å². The molecule has 48 heavy (non-hydrogen) atoms. The number of carboxylic acids is 2. The third kappa shape index (κ3) is 5.80. The summed E-state index contributed by atoms with van der Waals surface area (Å²) >= 11 is 0. The van der Waals surface area contributed by atoms with E-state index < -0.39 is 11.9 Å². The molecule has 0 aliphatic rings. The number of aromatic nitrogens is 2. The van der Waals surface area contributed by atoms with Crippen LogP contribution in [-0.2, 0) is 13.1 Å². The van der Waals surface area contributed by atoms with Gasteiger partial charge in [-0.05, 0) is 82.4 Å². The van der Waals surface area contributed by atoms with Crippen molar-refractivity contribution < 1.29 is 19.8 Å². The van der Waals surface area contributed by atoms with E-state index in [4.69, 9.17) is 0 Å². The van der Waals surface area contributed by atoms with Gasteiger partial charge in [0.15, 0.2) is 0 Å². The third-order valence-electron chi connectivity index (χ3n) is 9.02. The average Bonchev–Trinajstić information content (AvgIpc) is 3.65. The SMILES string of the molecule is Cc1ccc2cccc(Cn3c(C(=O)O)cc4ccccc43)c2c1.Cc1cccc2ccc(Cn3c(C(=O)O)cc4ccccc43)cc12. The fraction of sp³-hybridized carbons (Fsp3) is 0.0952. The van der Waals surface area contributed by atoms with Crippen LogP contribution in [0.3, 0.4) is 0 Å². The van der Waals surface area contributed by atoms with Gasteiger partial charge in [0.2, 0.25) is 0 Å². The Balaban J connectivity index is 0.000000152. The minimum atomic E-state index is -0.900. The third-order valence-corrected chi connectivity index (χ3v) is 9.02. The number of aryl methyl sites for hydroxylation is 2. The van der Waals surface area contributed by atoms with Crippen LogP contribution in [0.15, 0.2) is 133 Å². The average molecular weight is 631 g/mol. The fourth-order valence-electron chi connectivity index (χ4n) is 6.63. The number of para-hydroxylation sites is 2. The summed E-state index contributed by atoms with van der Waals surface area (Å²) < 4.78 is 3.76. The van der Waals surface area contributed by atoms with E-state index >= 15 is 0 Å². The van der Waals surface area contributed by atoms with E-state index in [2.05, 4.69) is 80.6 Å². The standard InChI is InChI=1S/2C21H17NO2/c1-14-5-4-7-16-10-9-15(11-18(14)16)13-22-19-8-3-2-6-17(19)12-20(22)21(23)24;1-14-9-10-15-6-4-7-17(18(15)11-14)13-22-19-8-3-2-5-16(19)12-20(22)21(23)24/h2*2-12H,13H2,1H3,(H,23,24). The molecule has 0 saturated carbocycles. The molecule has 0 atom stereocenters. The molecule has 6 aromatic carbocycles. The van der Waals surface area contributed by atoms with Gasteiger partial charge in [-0.3, -0.25) is 0 Å². The molecule has 0 saturated heterocycles. The number of aromatic carboxylic acids is 2. The van der Waals surface area contributed by atoms with Crippen LogP contribution < -0.4 is 0 Å². The summed E-state index contributed by atoms with van der Waals surface area (Å²) in [5, 5.41) is 25.8. The molecule has 8 aromatic rings. The maximum absolute atomic E-state index is 11.7. The molecule has 2 aromatic heterocycles. The highest BCUT2D eigenvalue weighted by molar-refractivity contribution is 5.96. The molecule has 0 aliphatic heterocycles. The maximum Gasteiger partial charge on any atom is 0.352 e. The van der Waals surface area contributed by atoms with E-state index in [0.717, 1.165) is 32.9 Å². The Hall–Kier alpha value is -6.14. The first-order chi connectivity index (χ1) is 23.3. The Morgan fingerprint density at radius 3 is 1.71 bits per heavy atom. The van der Waals surface area contributed by atoms with Crippen LogP contribution in [0.25, 0.3) is 43.4 Å². The van der Waals surface area contributed by atoms with Gasteiger partial charge in [0.25, 0.3) is 0 Å². The highest BCUT2D eigenvalue weighted by atomic mass is 16.4. The Labute approximate surface area is 277 Å². The highest BCUT2D eigenvalue weighted by Gasteiger charge is 2.16. The summed E-state index contributed by atoms with van der Waals surface area (Å²) in [6, 6.07) is 44.2. The number of nitrogens with zero attached hydrogens (tertiary/aromatic N) is 2. The Morgan fingerprint density at radius 2 is 1.06 bits per heavy atom. The van der Waals surface area contributed by atoms with Crippen LogP contribution in [0, 0.1) is 13.8 Å². The number of rotatable bonds is 6. The molecule has 0 unspecified atom stereocenters. The summed E-state index contributed by atoms with van der Waals surface area (Å²) in [6.45, 7) is 5.25. The Morgan fingerprint density at radius 1 is 0.521 bits per heavy atom. The zero-order valence-corrected chi connectivity index (χ0v) is 26.7. The van der Waals surface area contributed by atoms with Gasteiger partial charge in [0.1, 0.15) is 11.4 Å². The molecule has 0 fully saturated rings. The molecule has 2 N–H and O–H groups in total. The van der Waals surface area contributed by atoms with Gasteiger partial charge < -0.3 is 19.3 Å². The van der Waals surface area contributed by atoms with E-state index in [0.29, 0.717) is 24.5 Å². The summed E-state index contributed by atoms with van der Waals surface area (Å²) in [6.07, 6.45) is 0. The van der Waals surface area contributed by atoms with Crippen molar-refractivity contribution in [2.75, 3.05) is 0 Å². The van der Waals surface area contributed by atoms with Gasteiger partial charge in [0, 0.05) is 34.9 Å². The zero-order valence-electron chi connectivity index (χ0n) is 26.7. The van der Waals surface area contributed by atoms with Crippen molar-refractivity contribution in [3.63, 3.8) is 0 Å².